The van der Waals surface area contributed by atoms with Gasteiger partial charge in [-0.05, 0) is 12.1 Å². The van der Waals surface area contributed by atoms with Gasteiger partial charge in [-0.15, -0.1) is 6.58 Å². The molecule has 1 amide bonds. The number of carboxylic acid groups (broad SMARTS) is 1. The van der Waals surface area contributed by atoms with Crippen molar-refractivity contribution in [2.75, 3.05) is 12.4 Å². The molecule has 0 radical (unpaired) electrons. The number of carbonyl (C=O) groups is 2. The number of carbonyl (C=O) groups excluding carboxylic acids is 1. The van der Waals surface area contributed by atoms with E-state index >= 15 is 0 Å². The monoisotopic (exact) mass is 235 g/mol. The second kappa shape index (κ2) is 5.69. The Bertz CT molecular complexity index is 454. The van der Waals surface area contributed by atoms with E-state index in [0.29, 0.717) is 5.75 Å². The van der Waals surface area contributed by atoms with Gasteiger partial charge < -0.3 is 15.2 Å². The van der Waals surface area contributed by atoms with Crippen LogP contribution in [0.4, 0.5) is 5.69 Å². The Morgan fingerprint density at radius 3 is 2.76 bits per heavy atom. The minimum Gasteiger partial charge on any atom is -0.497 e. The summed E-state index contributed by atoms with van der Waals surface area (Å²) >= 11 is 0. The van der Waals surface area contributed by atoms with E-state index in [1.54, 1.807) is 0 Å². The highest BCUT2D eigenvalue weighted by Crippen LogP contribution is 2.22. The maximum Gasteiger partial charge on any atom is 0.337 e. The van der Waals surface area contributed by atoms with Crippen LogP contribution in [0.5, 0.6) is 5.75 Å². The van der Waals surface area contributed by atoms with Gasteiger partial charge in [-0.2, -0.15) is 0 Å². The molecule has 1 rings (SSSR count). The van der Waals surface area contributed by atoms with Crippen molar-refractivity contribution >= 4 is 17.6 Å². The topological polar surface area (TPSA) is 75.6 Å². The third-order valence-electron chi connectivity index (χ3n) is 2.06. The van der Waals surface area contributed by atoms with E-state index in [-0.39, 0.29) is 23.6 Å². The molecule has 90 valence electrons. The van der Waals surface area contributed by atoms with Crippen molar-refractivity contribution in [3.63, 3.8) is 0 Å². The number of rotatable bonds is 5. The molecular formula is C12H13NO4. The molecule has 0 spiro atoms. The number of amides is 1. The van der Waals surface area contributed by atoms with Gasteiger partial charge >= 0.3 is 5.97 Å². The summed E-state index contributed by atoms with van der Waals surface area (Å²) in [7, 11) is 1.46. The predicted octanol–water partition coefficient (Wildman–Crippen LogP) is 1.91. The normalized spacial score (nSPS) is 9.47. The van der Waals surface area contributed by atoms with Crippen LogP contribution in [-0.2, 0) is 4.79 Å². The number of benzene rings is 1. The average Bonchev–Trinajstić information content (AvgIpc) is 2.28. The van der Waals surface area contributed by atoms with Gasteiger partial charge in [0.15, 0.2) is 0 Å². The summed E-state index contributed by atoms with van der Waals surface area (Å²) in [5.41, 5.74) is 0.229. The third kappa shape index (κ3) is 3.34. The smallest absolute Gasteiger partial charge is 0.337 e. The van der Waals surface area contributed by atoms with Gasteiger partial charge in [-0.25, -0.2) is 4.79 Å². The van der Waals surface area contributed by atoms with E-state index in [0.717, 1.165) is 0 Å². The molecule has 0 aliphatic heterocycles. The third-order valence-corrected chi connectivity index (χ3v) is 2.06. The van der Waals surface area contributed by atoms with Crippen molar-refractivity contribution in [3.8, 4) is 5.75 Å². The zero-order valence-electron chi connectivity index (χ0n) is 9.40. The Morgan fingerprint density at radius 1 is 1.53 bits per heavy atom. The average molecular weight is 235 g/mol. The number of aromatic carboxylic acids is 1. The fourth-order valence-corrected chi connectivity index (χ4v) is 1.27. The summed E-state index contributed by atoms with van der Waals surface area (Å²) in [6, 6.07) is 4.36. The van der Waals surface area contributed by atoms with Crippen molar-refractivity contribution in [2.24, 2.45) is 0 Å². The Labute approximate surface area is 98.7 Å². The van der Waals surface area contributed by atoms with Crippen LogP contribution < -0.4 is 10.1 Å². The molecular weight excluding hydrogens is 222 g/mol. The van der Waals surface area contributed by atoms with Crippen molar-refractivity contribution in [2.45, 2.75) is 6.42 Å². The molecule has 0 aliphatic carbocycles. The molecule has 0 saturated heterocycles. The van der Waals surface area contributed by atoms with Crippen molar-refractivity contribution in [3.05, 3.63) is 36.4 Å². The summed E-state index contributed by atoms with van der Waals surface area (Å²) in [5, 5.41) is 11.5. The van der Waals surface area contributed by atoms with Gasteiger partial charge in [0.05, 0.1) is 18.4 Å². The SMILES string of the molecule is C=CCC(=O)Nc1cc(OC)ccc1C(=O)O. The van der Waals surface area contributed by atoms with E-state index in [1.807, 2.05) is 0 Å². The van der Waals surface area contributed by atoms with Gasteiger partial charge in [0.1, 0.15) is 5.75 Å². The van der Waals surface area contributed by atoms with E-state index in [4.69, 9.17) is 9.84 Å². The largest absolute Gasteiger partial charge is 0.497 e. The molecule has 0 heterocycles. The van der Waals surface area contributed by atoms with Gasteiger partial charge in [0.2, 0.25) is 5.91 Å². The number of carboxylic acids is 1. The van der Waals surface area contributed by atoms with Gasteiger partial charge in [-0.1, -0.05) is 6.08 Å². The summed E-state index contributed by atoms with van der Waals surface area (Å²) in [5.74, 6) is -0.957. The number of ether oxygens (including phenoxy) is 1. The first kappa shape index (κ1) is 12.8. The first-order valence-electron chi connectivity index (χ1n) is 4.90. The quantitative estimate of drug-likeness (QED) is 0.764. The van der Waals surface area contributed by atoms with E-state index < -0.39 is 5.97 Å². The summed E-state index contributed by atoms with van der Waals surface area (Å²) < 4.78 is 4.97. The van der Waals surface area contributed by atoms with Crippen LogP contribution in [-0.4, -0.2) is 24.1 Å². The van der Waals surface area contributed by atoms with Crippen molar-refractivity contribution in [1.82, 2.24) is 0 Å². The van der Waals surface area contributed by atoms with E-state index in [1.165, 1.54) is 31.4 Å². The molecule has 0 fully saturated rings. The maximum absolute atomic E-state index is 11.4. The van der Waals surface area contributed by atoms with Crippen LogP contribution >= 0.6 is 0 Å². The highest BCUT2D eigenvalue weighted by atomic mass is 16.5. The Morgan fingerprint density at radius 2 is 2.24 bits per heavy atom. The molecule has 0 atom stereocenters. The zero-order valence-corrected chi connectivity index (χ0v) is 9.40. The number of anilines is 1. The molecule has 2 N–H and O–H groups in total. The molecule has 0 bridgehead atoms. The standard InChI is InChI=1S/C12H13NO4/c1-3-4-11(14)13-10-7-8(17-2)5-6-9(10)12(15)16/h3,5-7H,1,4H2,2H3,(H,13,14)(H,15,16). The summed E-state index contributed by atoms with van der Waals surface area (Å²) in [4.78, 5) is 22.3. The molecule has 0 saturated carbocycles. The Kier molecular flexibility index (Phi) is 4.28. The number of nitrogens with one attached hydrogen (secondary N) is 1. The number of hydrogen-bond acceptors (Lipinski definition) is 3. The van der Waals surface area contributed by atoms with Gasteiger partial charge in [0, 0.05) is 12.5 Å². The molecule has 5 nitrogen and oxygen atoms in total. The Balaban J connectivity index is 3.04. The van der Waals surface area contributed by atoms with Crippen LogP contribution in [0.25, 0.3) is 0 Å². The molecule has 0 aromatic heterocycles. The van der Waals surface area contributed by atoms with E-state index in [9.17, 15) is 9.59 Å². The lowest BCUT2D eigenvalue weighted by Crippen LogP contribution is -2.13. The second-order valence-corrected chi connectivity index (χ2v) is 3.26. The molecule has 17 heavy (non-hydrogen) atoms. The summed E-state index contributed by atoms with van der Waals surface area (Å²) in [6.45, 7) is 3.43. The van der Waals surface area contributed by atoms with Gasteiger partial charge in [-0.3, -0.25) is 4.79 Å². The van der Waals surface area contributed by atoms with Crippen LogP contribution in [0.3, 0.4) is 0 Å². The minimum absolute atomic E-state index is 0.0169. The number of hydrogen-bond donors (Lipinski definition) is 2. The first-order valence-corrected chi connectivity index (χ1v) is 4.90. The van der Waals surface area contributed by atoms with Gasteiger partial charge in [0.25, 0.3) is 0 Å². The van der Waals surface area contributed by atoms with E-state index in [2.05, 4.69) is 11.9 Å². The second-order valence-electron chi connectivity index (χ2n) is 3.26. The lowest BCUT2D eigenvalue weighted by molar-refractivity contribution is -0.115. The van der Waals surface area contributed by atoms with Crippen LogP contribution in [0.2, 0.25) is 0 Å². The molecule has 1 aromatic carbocycles. The molecule has 0 aliphatic rings. The number of methoxy groups -OCH3 is 1. The fourth-order valence-electron chi connectivity index (χ4n) is 1.27. The first-order chi connectivity index (χ1) is 8.08. The van der Waals surface area contributed by atoms with Crippen molar-refractivity contribution in [1.29, 1.82) is 0 Å². The fraction of sp³-hybridized carbons (Fsp3) is 0.167. The molecule has 0 unspecified atom stereocenters. The van der Waals surface area contributed by atoms with Crippen LogP contribution in [0.1, 0.15) is 16.8 Å². The highest BCUT2D eigenvalue weighted by Gasteiger charge is 2.12. The highest BCUT2D eigenvalue weighted by molar-refractivity contribution is 6.01. The molecule has 1 aromatic rings. The molecule has 5 heteroatoms. The van der Waals surface area contributed by atoms with Crippen LogP contribution in [0.15, 0.2) is 30.9 Å². The predicted molar refractivity (Wildman–Crippen MR) is 63.4 cm³/mol. The van der Waals surface area contributed by atoms with Crippen molar-refractivity contribution < 1.29 is 19.4 Å². The summed E-state index contributed by atoms with van der Waals surface area (Å²) in [6.07, 6.45) is 1.56. The lowest BCUT2D eigenvalue weighted by atomic mass is 10.1. The minimum atomic E-state index is -1.11. The Hall–Kier alpha value is -2.30. The van der Waals surface area contributed by atoms with Crippen LogP contribution in [0, 0.1) is 0 Å². The zero-order chi connectivity index (χ0) is 12.8. The lowest BCUT2D eigenvalue weighted by Gasteiger charge is -2.09. The maximum atomic E-state index is 11.4.